The largest absolute Gasteiger partial charge is 0.390 e. The van der Waals surface area contributed by atoms with E-state index in [2.05, 4.69) is 23.6 Å². The first-order valence-electron chi connectivity index (χ1n) is 5.97. The fraction of sp³-hybridized carbons (Fsp3) is 0.667. The maximum Gasteiger partial charge on any atom is 0.242 e. The van der Waals surface area contributed by atoms with Crippen molar-refractivity contribution in [2.75, 3.05) is 6.54 Å². The Labute approximate surface area is 109 Å². The van der Waals surface area contributed by atoms with E-state index in [-0.39, 0.29) is 16.9 Å². The Balaban J connectivity index is 2.77. The van der Waals surface area contributed by atoms with E-state index in [1.54, 1.807) is 0 Å². The second kappa shape index (κ2) is 5.42. The van der Waals surface area contributed by atoms with Crippen LogP contribution in [0.4, 0.5) is 0 Å². The highest BCUT2D eigenvalue weighted by atomic mass is 32.2. The molecule has 0 saturated carbocycles. The predicted molar refractivity (Wildman–Crippen MR) is 70.5 cm³/mol. The molecule has 1 aromatic rings. The molecule has 5 nitrogen and oxygen atoms in total. The van der Waals surface area contributed by atoms with Gasteiger partial charge in [-0.2, -0.15) is 0 Å². The third kappa shape index (κ3) is 3.57. The molecule has 0 amide bonds. The second-order valence-electron chi connectivity index (χ2n) is 5.49. The van der Waals surface area contributed by atoms with Gasteiger partial charge in [0.2, 0.25) is 10.0 Å². The van der Waals surface area contributed by atoms with Crippen molar-refractivity contribution >= 4 is 10.0 Å². The molecule has 0 aliphatic rings. The molecule has 1 rings (SSSR count). The summed E-state index contributed by atoms with van der Waals surface area (Å²) in [6.07, 6.45) is 1.39. The molecule has 6 heteroatoms. The molecule has 0 atom stereocenters. The normalized spacial score (nSPS) is 13.2. The zero-order valence-corrected chi connectivity index (χ0v) is 12.1. The van der Waals surface area contributed by atoms with Gasteiger partial charge in [0.05, 0.1) is 11.5 Å². The summed E-state index contributed by atoms with van der Waals surface area (Å²) < 4.78 is 26.6. The minimum atomic E-state index is -3.51. The predicted octanol–water partition coefficient (Wildman–Crippen LogP) is 1.47. The minimum Gasteiger partial charge on any atom is -0.390 e. The van der Waals surface area contributed by atoms with Crippen LogP contribution in [-0.4, -0.2) is 25.1 Å². The van der Waals surface area contributed by atoms with Gasteiger partial charge in [0.1, 0.15) is 0 Å². The molecule has 0 bridgehead atoms. The molecule has 1 heterocycles. The van der Waals surface area contributed by atoms with E-state index in [0.29, 0.717) is 18.2 Å². The molecule has 0 aliphatic carbocycles. The van der Waals surface area contributed by atoms with Crippen LogP contribution in [-0.2, 0) is 16.6 Å². The standard InChI is InChI=1S/C12H22N2O3S/c1-9(2)12(3,4)8-14-18(16,17)11-5-10(7-15)13-6-11/h5-6,9,13-15H,7-8H2,1-4H3. The van der Waals surface area contributed by atoms with E-state index in [9.17, 15) is 8.42 Å². The van der Waals surface area contributed by atoms with Crippen molar-refractivity contribution < 1.29 is 13.5 Å². The summed E-state index contributed by atoms with van der Waals surface area (Å²) in [5.41, 5.74) is 0.377. The number of hydrogen-bond acceptors (Lipinski definition) is 3. The lowest BCUT2D eigenvalue weighted by Gasteiger charge is -2.29. The van der Waals surface area contributed by atoms with Crippen molar-refractivity contribution in [1.29, 1.82) is 0 Å². The molecule has 0 radical (unpaired) electrons. The number of rotatable bonds is 6. The van der Waals surface area contributed by atoms with E-state index < -0.39 is 10.0 Å². The van der Waals surface area contributed by atoms with Crippen LogP contribution in [0.3, 0.4) is 0 Å². The van der Waals surface area contributed by atoms with Gasteiger partial charge in [-0.15, -0.1) is 0 Å². The molecule has 3 N–H and O–H groups in total. The van der Waals surface area contributed by atoms with Gasteiger partial charge >= 0.3 is 0 Å². The molecule has 0 unspecified atom stereocenters. The molecule has 104 valence electrons. The fourth-order valence-corrected chi connectivity index (χ4v) is 2.47. The number of aromatic nitrogens is 1. The summed E-state index contributed by atoms with van der Waals surface area (Å²) in [4.78, 5) is 2.87. The summed E-state index contributed by atoms with van der Waals surface area (Å²) in [5.74, 6) is 0.374. The van der Waals surface area contributed by atoms with Gasteiger partial charge in [-0.25, -0.2) is 13.1 Å². The van der Waals surface area contributed by atoms with Crippen LogP contribution in [0.5, 0.6) is 0 Å². The lowest BCUT2D eigenvalue weighted by atomic mass is 9.81. The summed E-state index contributed by atoms with van der Waals surface area (Å²) in [7, 11) is -3.51. The second-order valence-corrected chi connectivity index (χ2v) is 7.25. The molecule has 0 aromatic carbocycles. The lowest BCUT2D eigenvalue weighted by Crippen LogP contribution is -2.36. The zero-order valence-electron chi connectivity index (χ0n) is 11.3. The van der Waals surface area contributed by atoms with Gasteiger partial charge in [-0.05, 0) is 17.4 Å². The Kier molecular flexibility index (Phi) is 4.58. The number of hydrogen-bond donors (Lipinski definition) is 3. The van der Waals surface area contributed by atoms with Gasteiger partial charge in [0.25, 0.3) is 0 Å². The van der Waals surface area contributed by atoms with E-state index in [4.69, 9.17) is 5.11 Å². The Bertz CT molecular complexity index is 489. The van der Waals surface area contributed by atoms with Crippen molar-refractivity contribution in [3.05, 3.63) is 18.0 Å². The monoisotopic (exact) mass is 274 g/mol. The zero-order chi connectivity index (χ0) is 14.0. The van der Waals surface area contributed by atoms with Crippen molar-refractivity contribution in [2.24, 2.45) is 11.3 Å². The van der Waals surface area contributed by atoms with Crippen LogP contribution in [0.1, 0.15) is 33.4 Å². The first-order chi connectivity index (χ1) is 8.19. The smallest absolute Gasteiger partial charge is 0.242 e. The number of aromatic amines is 1. The molecule has 1 aromatic heterocycles. The van der Waals surface area contributed by atoms with Crippen molar-refractivity contribution in [1.82, 2.24) is 9.71 Å². The number of H-pyrrole nitrogens is 1. The van der Waals surface area contributed by atoms with Crippen LogP contribution in [0.25, 0.3) is 0 Å². The first-order valence-corrected chi connectivity index (χ1v) is 7.45. The molecule has 0 fully saturated rings. The summed E-state index contributed by atoms with van der Waals surface area (Å²) in [6, 6.07) is 1.44. The SMILES string of the molecule is CC(C)C(C)(C)CNS(=O)(=O)c1c[nH]c(CO)c1. The van der Waals surface area contributed by atoms with E-state index in [1.165, 1.54) is 12.3 Å². The quantitative estimate of drug-likeness (QED) is 0.734. The number of aliphatic hydroxyl groups is 1. The van der Waals surface area contributed by atoms with Gasteiger partial charge in [-0.3, -0.25) is 0 Å². The van der Waals surface area contributed by atoms with Crippen LogP contribution in [0, 0.1) is 11.3 Å². The third-order valence-electron chi connectivity index (χ3n) is 3.48. The van der Waals surface area contributed by atoms with Crippen molar-refractivity contribution in [3.63, 3.8) is 0 Å². The molecular formula is C12H22N2O3S. The topological polar surface area (TPSA) is 82.2 Å². The van der Waals surface area contributed by atoms with Crippen LogP contribution in [0.2, 0.25) is 0 Å². The maximum atomic E-state index is 12.0. The summed E-state index contributed by atoms with van der Waals surface area (Å²) >= 11 is 0. The Morgan fingerprint density at radius 2 is 2.06 bits per heavy atom. The van der Waals surface area contributed by atoms with Crippen LogP contribution in [0.15, 0.2) is 17.2 Å². The highest BCUT2D eigenvalue weighted by Crippen LogP contribution is 2.25. The molecule has 18 heavy (non-hydrogen) atoms. The van der Waals surface area contributed by atoms with Gasteiger partial charge < -0.3 is 10.1 Å². The highest BCUT2D eigenvalue weighted by Gasteiger charge is 2.25. The number of sulfonamides is 1. The lowest BCUT2D eigenvalue weighted by molar-refractivity contribution is 0.252. The van der Waals surface area contributed by atoms with Crippen LogP contribution < -0.4 is 4.72 Å². The molecule has 0 aliphatic heterocycles. The molecule has 0 spiro atoms. The third-order valence-corrected chi connectivity index (χ3v) is 4.86. The van der Waals surface area contributed by atoms with Crippen LogP contribution >= 0.6 is 0 Å². The number of nitrogens with one attached hydrogen (secondary N) is 2. The summed E-state index contributed by atoms with van der Waals surface area (Å²) in [5, 5.41) is 8.90. The average Bonchev–Trinajstić information content (AvgIpc) is 2.75. The number of aliphatic hydroxyl groups excluding tert-OH is 1. The van der Waals surface area contributed by atoms with Gasteiger partial charge in [-0.1, -0.05) is 27.7 Å². The van der Waals surface area contributed by atoms with E-state index in [0.717, 1.165) is 0 Å². The van der Waals surface area contributed by atoms with Crippen molar-refractivity contribution in [3.8, 4) is 0 Å². The highest BCUT2D eigenvalue weighted by molar-refractivity contribution is 7.89. The maximum absolute atomic E-state index is 12.0. The fourth-order valence-electron chi connectivity index (χ4n) is 1.23. The molecule has 0 saturated heterocycles. The average molecular weight is 274 g/mol. The Morgan fingerprint density at radius 3 is 2.50 bits per heavy atom. The van der Waals surface area contributed by atoms with E-state index >= 15 is 0 Å². The first kappa shape index (κ1) is 15.2. The minimum absolute atomic E-state index is 0.108. The Hall–Kier alpha value is -0.850. The molecular weight excluding hydrogens is 252 g/mol. The Morgan fingerprint density at radius 1 is 1.44 bits per heavy atom. The van der Waals surface area contributed by atoms with Gasteiger partial charge in [0, 0.05) is 18.4 Å². The van der Waals surface area contributed by atoms with Gasteiger partial charge in [0.15, 0.2) is 0 Å². The van der Waals surface area contributed by atoms with E-state index in [1.807, 2.05) is 13.8 Å². The summed E-state index contributed by atoms with van der Waals surface area (Å²) in [6.45, 7) is 8.36. The van der Waals surface area contributed by atoms with Crippen molar-refractivity contribution in [2.45, 2.75) is 39.2 Å².